The Labute approximate surface area is 99.4 Å². The molecule has 1 heterocycles. The van der Waals surface area contributed by atoms with E-state index in [4.69, 9.17) is 5.73 Å². The Morgan fingerprint density at radius 2 is 1.94 bits per heavy atom. The van der Waals surface area contributed by atoms with Gasteiger partial charge in [0.15, 0.2) is 0 Å². The highest BCUT2D eigenvalue weighted by Crippen LogP contribution is 2.23. The van der Waals surface area contributed by atoms with Crippen LogP contribution in [0.1, 0.15) is 53.4 Å². The zero-order chi connectivity index (χ0) is 12.3. The van der Waals surface area contributed by atoms with Gasteiger partial charge in [-0.1, -0.05) is 33.6 Å². The number of nitrogens with two attached hydrogens (primary N) is 1. The fourth-order valence-electron chi connectivity index (χ4n) is 2.15. The largest absolute Gasteiger partial charge is 0.339 e. The lowest BCUT2D eigenvalue weighted by Gasteiger charge is -2.34. The zero-order valence-electron chi connectivity index (χ0n) is 11.1. The highest BCUT2D eigenvalue weighted by atomic mass is 16.2. The van der Waals surface area contributed by atoms with Crippen LogP contribution in [0.2, 0.25) is 0 Å². The van der Waals surface area contributed by atoms with E-state index in [0.29, 0.717) is 6.04 Å². The summed E-state index contributed by atoms with van der Waals surface area (Å²) in [4.78, 5) is 14.3. The fourth-order valence-corrected chi connectivity index (χ4v) is 2.15. The molecule has 16 heavy (non-hydrogen) atoms. The van der Waals surface area contributed by atoms with Gasteiger partial charge in [0.2, 0.25) is 5.91 Å². The van der Waals surface area contributed by atoms with E-state index in [1.807, 2.05) is 25.7 Å². The summed E-state index contributed by atoms with van der Waals surface area (Å²) in [5, 5.41) is 0. The molecule has 3 heteroatoms. The van der Waals surface area contributed by atoms with Crippen molar-refractivity contribution in [2.75, 3.05) is 6.54 Å². The molecule has 1 unspecified atom stereocenters. The maximum Gasteiger partial charge on any atom is 0.240 e. The number of rotatable bonds is 1. The maximum absolute atomic E-state index is 12.3. The predicted octanol–water partition coefficient (Wildman–Crippen LogP) is 2.15. The lowest BCUT2D eigenvalue weighted by Crippen LogP contribution is -2.52. The van der Waals surface area contributed by atoms with Gasteiger partial charge in [0.05, 0.1) is 6.04 Å². The van der Waals surface area contributed by atoms with Gasteiger partial charge >= 0.3 is 0 Å². The Kier molecular flexibility index (Phi) is 4.36. The normalized spacial score (nSPS) is 25.1. The topological polar surface area (TPSA) is 46.3 Å². The van der Waals surface area contributed by atoms with Gasteiger partial charge in [-0.25, -0.2) is 0 Å². The monoisotopic (exact) mass is 226 g/mol. The van der Waals surface area contributed by atoms with E-state index in [-0.39, 0.29) is 17.4 Å². The van der Waals surface area contributed by atoms with E-state index in [1.54, 1.807) is 0 Å². The first-order valence-corrected chi connectivity index (χ1v) is 6.40. The molecular formula is C13H26N2O. The Morgan fingerprint density at radius 1 is 1.31 bits per heavy atom. The first-order valence-electron chi connectivity index (χ1n) is 6.40. The molecule has 0 aromatic rings. The molecule has 2 N–H and O–H groups in total. The average Bonchev–Trinajstić information content (AvgIpc) is 2.39. The molecule has 94 valence electrons. The minimum absolute atomic E-state index is 0.127. The molecule has 1 fully saturated rings. The fraction of sp³-hybridized carbons (Fsp3) is 0.923. The molecule has 0 aromatic heterocycles. The van der Waals surface area contributed by atoms with E-state index in [0.717, 1.165) is 19.4 Å². The summed E-state index contributed by atoms with van der Waals surface area (Å²) in [5.74, 6) is 0.127. The van der Waals surface area contributed by atoms with Gasteiger partial charge in [-0.05, 0) is 25.2 Å². The molecule has 1 amide bonds. The molecular weight excluding hydrogens is 200 g/mol. The smallest absolute Gasteiger partial charge is 0.240 e. The summed E-state index contributed by atoms with van der Waals surface area (Å²) < 4.78 is 0. The van der Waals surface area contributed by atoms with Gasteiger partial charge in [-0.2, -0.15) is 0 Å². The van der Waals surface area contributed by atoms with E-state index < -0.39 is 0 Å². The summed E-state index contributed by atoms with van der Waals surface area (Å²) in [5.41, 5.74) is 5.90. The molecule has 0 radical (unpaired) electrons. The van der Waals surface area contributed by atoms with Crippen LogP contribution in [-0.2, 0) is 4.79 Å². The van der Waals surface area contributed by atoms with Crippen molar-refractivity contribution in [3.05, 3.63) is 0 Å². The SMILES string of the molecule is CC1CCCCCN1C(=O)[C@H](N)C(C)(C)C. The molecule has 1 aliphatic rings. The second kappa shape index (κ2) is 5.17. The molecule has 2 atom stereocenters. The third kappa shape index (κ3) is 3.21. The Morgan fingerprint density at radius 3 is 2.50 bits per heavy atom. The van der Waals surface area contributed by atoms with Crippen molar-refractivity contribution < 1.29 is 4.79 Å². The van der Waals surface area contributed by atoms with E-state index in [2.05, 4.69) is 6.92 Å². The average molecular weight is 226 g/mol. The Bertz CT molecular complexity index is 245. The molecule has 1 saturated heterocycles. The number of nitrogens with zero attached hydrogens (tertiary/aromatic N) is 1. The van der Waals surface area contributed by atoms with Crippen LogP contribution >= 0.6 is 0 Å². The van der Waals surface area contributed by atoms with Crippen molar-refractivity contribution >= 4 is 5.91 Å². The van der Waals surface area contributed by atoms with Gasteiger partial charge in [0.25, 0.3) is 0 Å². The van der Waals surface area contributed by atoms with Crippen LogP contribution in [0, 0.1) is 5.41 Å². The molecule has 0 aromatic carbocycles. The van der Waals surface area contributed by atoms with Gasteiger partial charge in [-0.15, -0.1) is 0 Å². The summed E-state index contributed by atoms with van der Waals surface area (Å²) >= 11 is 0. The quantitative estimate of drug-likeness (QED) is 0.744. The molecule has 0 bridgehead atoms. The van der Waals surface area contributed by atoms with Crippen molar-refractivity contribution in [2.24, 2.45) is 11.1 Å². The zero-order valence-corrected chi connectivity index (χ0v) is 11.1. The molecule has 0 saturated carbocycles. The van der Waals surface area contributed by atoms with Crippen LogP contribution < -0.4 is 5.73 Å². The summed E-state index contributed by atoms with van der Waals surface area (Å²) in [6.07, 6.45) is 4.70. The maximum atomic E-state index is 12.3. The highest BCUT2D eigenvalue weighted by molar-refractivity contribution is 5.82. The van der Waals surface area contributed by atoms with E-state index in [1.165, 1.54) is 12.8 Å². The van der Waals surface area contributed by atoms with Crippen LogP contribution in [0.25, 0.3) is 0 Å². The predicted molar refractivity (Wildman–Crippen MR) is 67.1 cm³/mol. The van der Waals surface area contributed by atoms with E-state index in [9.17, 15) is 4.79 Å². The minimum Gasteiger partial charge on any atom is -0.339 e. The second-order valence-electron chi connectivity index (χ2n) is 6.07. The van der Waals surface area contributed by atoms with Gasteiger partial charge in [-0.3, -0.25) is 4.79 Å². The number of carbonyl (C=O) groups is 1. The number of likely N-dealkylation sites (tertiary alicyclic amines) is 1. The molecule has 1 aliphatic heterocycles. The Balaban J connectivity index is 2.71. The van der Waals surface area contributed by atoms with Crippen LogP contribution in [-0.4, -0.2) is 29.4 Å². The van der Waals surface area contributed by atoms with Crippen molar-refractivity contribution in [3.63, 3.8) is 0 Å². The molecule has 0 aliphatic carbocycles. The van der Waals surface area contributed by atoms with Crippen LogP contribution in [0.15, 0.2) is 0 Å². The van der Waals surface area contributed by atoms with Gasteiger partial charge in [0.1, 0.15) is 0 Å². The van der Waals surface area contributed by atoms with Crippen molar-refractivity contribution in [1.29, 1.82) is 0 Å². The number of hydrogen-bond acceptors (Lipinski definition) is 2. The van der Waals surface area contributed by atoms with Gasteiger partial charge in [0, 0.05) is 12.6 Å². The minimum atomic E-state index is -0.381. The van der Waals surface area contributed by atoms with Crippen LogP contribution in [0.3, 0.4) is 0 Å². The van der Waals surface area contributed by atoms with Crippen molar-refractivity contribution in [1.82, 2.24) is 4.90 Å². The highest BCUT2D eigenvalue weighted by Gasteiger charge is 2.33. The lowest BCUT2D eigenvalue weighted by molar-refractivity contribution is -0.136. The van der Waals surface area contributed by atoms with Gasteiger partial charge < -0.3 is 10.6 Å². The van der Waals surface area contributed by atoms with Crippen molar-refractivity contribution in [2.45, 2.75) is 65.5 Å². The first kappa shape index (κ1) is 13.5. The third-order valence-corrected chi connectivity index (χ3v) is 3.54. The summed E-state index contributed by atoms with van der Waals surface area (Å²) in [7, 11) is 0. The van der Waals surface area contributed by atoms with Crippen LogP contribution in [0.5, 0.6) is 0 Å². The summed E-state index contributed by atoms with van der Waals surface area (Å²) in [6.45, 7) is 9.09. The number of carbonyl (C=O) groups excluding carboxylic acids is 1. The molecule has 1 rings (SSSR count). The number of amides is 1. The lowest BCUT2D eigenvalue weighted by atomic mass is 9.86. The molecule has 3 nitrogen and oxygen atoms in total. The summed E-state index contributed by atoms with van der Waals surface area (Å²) in [6, 6.07) is -0.0311. The van der Waals surface area contributed by atoms with E-state index >= 15 is 0 Å². The Hall–Kier alpha value is -0.570. The second-order valence-corrected chi connectivity index (χ2v) is 6.07. The van der Waals surface area contributed by atoms with Crippen molar-refractivity contribution in [3.8, 4) is 0 Å². The molecule has 0 spiro atoms. The standard InChI is InChI=1S/C13H26N2O/c1-10-8-6-5-7-9-15(10)12(16)11(14)13(2,3)4/h10-11H,5-9,14H2,1-4H3/t10?,11-/m0/s1. The van der Waals surface area contributed by atoms with Crippen LogP contribution in [0.4, 0.5) is 0 Å². The first-order chi connectivity index (χ1) is 7.34. The number of hydrogen-bond donors (Lipinski definition) is 1. The third-order valence-electron chi connectivity index (χ3n) is 3.54.